The van der Waals surface area contributed by atoms with Crippen LogP contribution in [0.25, 0.3) is 5.76 Å². The van der Waals surface area contributed by atoms with Crippen molar-refractivity contribution in [1.82, 2.24) is 14.9 Å². The molecule has 0 unspecified atom stereocenters. The predicted molar refractivity (Wildman–Crippen MR) is 87.7 cm³/mol. The number of fused-ring (bicyclic) bond motifs is 1. The highest BCUT2D eigenvalue weighted by atomic mass is 35.5. The number of ether oxygens (including phenoxy) is 1. The second-order valence-electron chi connectivity index (χ2n) is 5.24. The first kappa shape index (κ1) is 17.0. The monoisotopic (exact) mass is 365 g/mol. The Kier molecular flexibility index (Phi) is 4.45. The van der Waals surface area contributed by atoms with E-state index in [1.807, 2.05) is 0 Å². The summed E-state index contributed by atoms with van der Waals surface area (Å²) in [6.45, 7) is 3.78. The largest absolute Gasteiger partial charge is 0.501 e. The molecule has 0 bridgehead atoms. The van der Waals surface area contributed by atoms with Crippen LogP contribution in [0.1, 0.15) is 21.9 Å². The van der Waals surface area contributed by atoms with Crippen LogP contribution in [0.5, 0.6) is 5.75 Å². The predicted octanol–water partition coefficient (Wildman–Crippen LogP) is 1.67. The summed E-state index contributed by atoms with van der Waals surface area (Å²) in [5.74, 6) is -2.05. The Morgan fingerprint density at radius 2 is 2.28 bits per heavy atom. The number of benzene rings is 1. The van der Waals surface area contributed by atoms with Gasteiger partial charge in [-0.1, -0.05) is 24.2 Å². The van der Waals surface area contributed by atoms with Crippen LogP contribution in [0.15, 0.2) is 29.6 Å². The molecular formula is C16H13ClFN3O4. The fraction of sp³-hybridized carbons (Fsp3) is 0.188. The van der Waals surface area contributed by atoms with Crippen LogP contribution in [-0.4, -0.2) is 27.2 Å². The van der Waals surface area contributed by atoms with Gasteiger partial charge in [0, 0.05) is 17.1 Å². The van der Waals surface area contributed by atoms with Crippen LogP contribution in [0.3, 0.4) is 0 Å². The standard InChI is InChI=1S/C16H13ClFN3O4/c1-8-14-20-12(13(22)16(24)21(14)5-6-25-8)15(23)19-7-9-10(17)3-2-4-11(9)18/h2-4,22H,1,5-7H2,(H,19,23). The van der Waals surface area contributed by atoms with Gasteiger partial charge in [-0.15, -0.1) is 0 Å². The van der Waals surface area contributed by atoms with Gasteiger partial charge < -0.3 is 15.2 Å². The van der Waals surface area contributed by atoms with E-state index in [1.54, 1.807) is 0 Å². The van der Waals surface area contributed by atoms with E-state index in [1.165, 1.54) is 22.8 Å². The molecule has 3 rings (SSSR count). The molecule has 0 spiro atoms. The van der Waals surface area contributed by atoms with E-state index >= 15 is 0 Å². The second kappa shape index (κ2) is 6.56. The van der Waals surface area contributed by atoms with E-state index < -0.39 is 28.7 Å². The van der Waals surface area contributed by atoms with E-state index in [-0.39, 0.29) is 41.9 Å². The van der Waals surface area contributed by atoms with E-state index in [0.717, 1.165) is 0 Å². The van der Waals surface area contributed by atoms with Gasteiger partial charge in [0.15, 0.2) is 17.3 Å². The lowest BCUT2D eigenvalue weighted by molar-refractivity contribution is 0.0941. The van der Waals surface area contributed by atoms with Gasteiger partial charge in [0.2, 0.25) is 5.75 Å². The molecule has 1 aromatic heterocycles. The van der Waals surface area contributed by atoms with E-state index in [0.29, 0.717) is 0 Å². The lowest BCUT2D eigenvalue weighted by Crippen LogP contribution is -2.34. The summed E-state index contributed by atoms with van der Waals surface area (Å²) < 4.78 is 20.1. The van der Waals surface area contributed by atoms with Crippen molar-refractivity contribution in [1.29, 1.82) is 0 Å². The highest BCUT2D eigenvalue weighted by molar-refractivity contribution is 6.31. The molecule has 0 aliphatic carbocycles. The van der Waals surface area contributed by atoms with Gasteiger partial charge >= 0.3 is 0 Å². The Morgan fingerprint density at radius 1 is 1.52 bits per heavy atom. The molecule has 1 aliphatic rings. The van der Waals surface area contributed by atoms with Crippen molar-refractivity contribution in [3.05, 3.63) is 63.1 Å². The summed E-state index contributed by atoms with van der Waals surface area (Å²) >= 11 is 5.89. The van der Waals surface area contributed by atoms with E-state index in [4.69, 9.17) is 16.3 Å². The average molecular weight is 366 g/mol. The number of amides is 1. The minimum Gasteiger partial charge on any atom is -0.501 e. The van der Waals surface area contributed by atoms with Crippen LogP contribution in [0.4, 0.5) is 4.39 Å². The van der Waals surface area contributed by atoms with Crippen molar-refractivity contribution < 1.29 is 19.0 Å². The number of nitrogens with zero attached hydrogens (tertiary/aromatic N) is 2. The minimum absolute atomic E-state index is 0.0584. The Labute approximate surface area is 146 Å². The molecule has 1 amide bonds. The average Bonchev–Trinajstić information content (AvgIpc) is 2.58. The second-order valence-corrected chi connectivity index (χ2v) is 5.65. The molecule has 2 aromatic rings. The molecule has 0 atom stereocenters. The number of rotatable bonds is 3. The highest BCUT2D eigenvalue weighted by Gasteiger charge is 2.25. The lowest BCUT2D eigenvalue weighted by atomic mass is 10.2. The first-order valence-corrected chi connectivity index (χ1v) is 7.65. The van der Waals surface area contributed by atoms with E-state index in [9.17, 15) is 19.1 Å². The van der Waals surface area contributed by atoms with Gasteiger partial charge in [-0.2, -0.15) is 0 Å². The third kappa shape index (κ3) is 3.08. The smallest absolute Gasteiger partial charge is 0.297 e. The Hall–Kier alpha value is -2.87. The van der Waals surface area contributed by atoms with E-state index in [2.05, 4.69) is 16.9 Å². The quantitative estimate of drug-likeness (QED) is 0.863. The summed E-state index contributed by atoms with van der Waals surface area (Å²) in [7, 11) is 0. The fourth-order valence-electron chi connectivity index (χ4n) is 2.40. The third-order valence-electron chi connectivity index (χ3n) is 3.69. The molecule has 2 N–H and O–H groups in total. The maximum atomic E-state index is 13.7. The zero-order valence-corrected chi connectivity index (χ0v) is 13.6. The number of aromatic hydroxyl groups is 1. The summed E-state index contributed by atoms with van der Waals surface area (Å²) in [5, 5.41) is 12.5. The minimum atomic E-state index is -0.851. The summed E-state index contributed by atoms with van der Waals surface area (Å²) in [6, 6.07) is 4.12. The summed E-state index contributed by atoms with van der Waals surface area (Å²) in [4.78, 5) is 28.4. The molecule has 9 heteroatoms. The number of hydrogen-bond donors (Lipinski definition) is 2. The van der Waals surface area contributed by atoms with Crippen molar-refractivity contribution in [2.24, 2.45) is 0 Å². The number of aromatic nitrogens is 2. The Morgan fingerprint density at radius 3 is 3.00 bits per heavy atom. The van der Waals surface area contributed by atoms with Gasteiger partial charge in [0.05, 0.1) is 6.54 Å². The van der Waals surface area contributed by atoms with Gasteiger partial charge in [0.1, 0.15) is 12.4 Å². The summed E-state index contributed by atoms with van der Waals surface area (Å²) in [6.07, 6.45) is 0. The van der Waals surface area contributed by atoms with Crippen molar-refractivity contribution >= 4 is 23.3 Å². The third-order valence-corrected chi connectivity index (χ3v) is 4.04. The first-order chi connectivity index (χ1) is 11.9. The van der Waals surface area contributed by atoms with Crippen LogP contribution < -0.4 is 10.9 Å². The molecule has 130 valence electrons. The highest BCUT2D eigenvalue weighted by Crippen LogP contribution is 2.21. The van der Waals surface area contributed by atoms with Gasteiger partial charge in [-0.25, -0.2) is 9.37 Å². The molecule has 0 saturated heterocycles. The molecule has 0 fully saturated rings. The number of carbonyl (C=O) groups excluding carboxylic acids is 1. The maximum absolute atomic E-state index is 13.7. The molecule has 7 nitrogen and oxygen atoms in total. The van der Waals surface area contributed by atoms with Crippen molar-refractivity contribution in [3.63, 3.8) is 0 Å². The number of halogens is 2. The van der Waals surface area contributed by atoms with Gasteiger partial charge in [-0.05, 0) is 12.1 Å². The molecule has 25 heavy (non-hydrogen) atoms. The zero-order chi connectivity index (χ0) is 18.1. The normalized spacial score (nSPS) is 13.1. The van der Waals surface area contributed by atoms with Gasteiger partial charge in [-0.3, -0.25) is 14.2 Å². The molecule has 0 saturated carbocycles. The molecule has 2 heterocycles. The Bertz CT molecular complexity index is 921. The molecular weight excluding hydrogens is 353 g/mol. The molecule has 1 aromatic carbocycles. The number of carbonyl (C=O) groups is 1. The van der Waals surface area contributed by atoms with Crippen molar-refractivity contribution in [2.75, 3.05) is 6.61 Å². The van der Waals surface area contributed by atoms with Crippen molar-refractivity contribution in [3.8, 4) is 5.75 Å². The van der Waals surface area contributed by atoms with Crippen LogP contribution in [0.2, 0.25) is 5.02 Å². The molecule has 1 aliphatic heterocycles. The number of nitrogens with one attached hydrogen (secondary N) is 1. The first-order valence-electron chi connectivity index (χ1n) is 7.27. The van der Waals surface area contributed by atoms with Crippen LogP contribution in [-0.2, 0) is 17.8 Å². The maximum Gasteiger partial charge on any atom is 0.297 e. The number of hydrogen-bond acceptors (Lipinski definition) is 5. The van der Waals surface area contributed by atoms with Crippen LogP contribution in [0, 0.1) is 5.82 Å². The van der Waals surface area contributed by atoms with Crippen LogP contribution >= 0.6 is 11.6 Å². The SMILES string of the molecule is C=C1OCCn2c1nc(C(=O)NCc1c(F)cccc1Cl)c(O)c2=O. The molecule has 0 radical (unpaired) electrons. The summed E-state index contributed by atoms with van der Waals surface area (Å²) in [5.41, 5.74) is -1.18. The Balaban J connectivity index is 1.90. The van der Waals surface area contributed by atoms with Crippen molar-refractivity contribution in [2.45, 2.75) is 13.1 Å². The zero-order valence-electron chi connectivity index (χ0n) is 12.9. The van der Waals surface area contributed by atoms with Gasteiger partial charge in [0.25, 0.3) is 11.5 Å². The topological polar surface area (TPSA) is 93.5 Å². The fourth-order valence-corrected chi connectivity index (χ4v) is 2.63. The lowest BCUT2D eigenvalue weighted by Gasteiger charge is -2.21.